The van der Waals surface area contributed by atoms with Crippen LogP contribution in [0, 0.1) is 23.2 Å². The molecule has 5 nitrogen and oxygen atoms in total. The summed E-state index contributed by atoms with van der Waals surface area (Å²) in [6, 6.07) is 8.51. The fraction of sp³-hybridized carbons (Fsp3) is 0.692. The minimum Gasteiger partial charge on any atom is -0.350 e. The van der Waals surface area contributed by atoms with Gasteiger partial charge in [-0.1, -0.05) is 24.3 Å². The van der Waals surface area contributed by atoms with E-state index in [0.29, 0.717) is 13.0 Å². The van der Waals surface area contributed by atoms with Crippen LogP contribution in [-0.4, -0.2) is 36.3 Å². The Labute approximate surface area is 186 Å². The number of carbonyl (C=O) groups is 2. The van der Waals surface area contributed by atoms with Gasteiger partial charge in [0.15, 0.2) is 0 Å². The first kappa shape index (κ1) is 21.0. The molecule has 4 saturated carbocycles. The van der Waals surface area contributed by atoms with Crippen LogP contribution in [0.2, 0.25) is 0 Å². The molecule has 5 heteroatoms. The fourth-order valence-electron chi connectivity index (χ4n) is 7.31. The third-order valence-corrected chi connectivity index (χ3v) is 8.26. The Morgan fingerprint density at radius 1 is 0.839 bits per heavy atom. The maximum absolute atomic E-state index is 12.6. The Morgan fingerprint density at radius 2 is 1.42 bits per heavy atom. The summed E-state index contributed by atoms with van der Waals surface area (Å²) >= 11 is 0. The Morgan fingerprint density at radius 3 is 2.03 bits per heavy atom. The largest absolute Gasteiger partial charge is 0.350 e. The first-order valence-corrected chi connectivity index (χ1v) is 12.4. The molecule has 5 fully saturated rings. The number of amides is 2. The second-order valence-electron chi connectivity index (χ2n) is 10.9. The molecular weight excluding hydrogens is 386 g/mol. The summed E-state index contributed by atoms with van der Waals surface area (Å²) in [4.78, 5) is 27.3. The van der Waals surface area contributed by atoms with E-state index in [1.165, 1.54) is 70.0 Å². The van der Waals surface area contributed by atoms with Crippen LogP contribution in [0.5, 0.6) is 0 Å². The van der Waals surface area contributed by atoms with Crippen molar-refractivity contribution < 1.29 is 9.59 Å². The molecule has 1 aromatic carbocycles. The predicted octanol–water partition coefficient (Wildman–Crippen LogP) is 3.62. The van der Waals surface area contributed by atoms with Crippen LogP contribution in [0.3, 0.4) is 0 Å². The Kier molecular flexibility index (Phi) is 6.05. The third kappa shape index (κ3) is 5.14. The summed E-state index contributed by atoms with van der Waals surface area (Å²) in [5, 5.41) is 5.83. The molecule has 5 aliphatic rings. The average molecular weight is 424 g/mol. The van der Waals surface area contributed by atoms with Crippen LogP contribution in [0.1, 0.15) is 68.9 Å². The Hall–Kier alpha value is -1.88. The quantitative estimate of drug-likeness (QED) is 0.671. The van der Waals surface area contributed by atoms with Crippen molar-refractivity contribution in [2.75, 3.05) is 19.6 Å². The molecule has 2 amide bonds. The standard InChI is InChI=1S/C26H37N3O2/c30-24(15-26-12-21-9-22(13-26)11-23(10-21)14-26)28-17-25(31)27-16-19-3-5-20(6-4-19)18-29-7-1-2-8-29/h3-6,21-23H,1-2,7-18H2,(H,27,31)(H,28,30). The van der Waals surface area contributed by atoms with Crippen molar-refractivity contribution in [3.8, 4) is 0 Å². The second kappa shape index (κ2) is 8.93. The second-order valence-corrected chi connectivity index (χ2v) is 10.9. The van der Waals surface area contributed by atoms with E-state index in [1.807, 2.05) is 0 Å². The van der Waals surface area contributed by atoms with Crippen molar-refractivity contribution in [2.45, 2.75) is 70.9 Å². The van der Waals surface area contributed by atoms with Crippen LogP contribution in [-0.2, 0) is 22.7 Å². The summed E-state index contributed by atoms with van der Waals surface area (Å²) in [6.07, 6.45) is 11.1. The van der Waals surface area contributed by atoms with E-state index in [4.69, 9.17) is 0 Å². The molecule has 4 bridgehead atoms. The van der Waals surface area contributed by atoms with Gasteiger partial charge in [-0.15, -0.1) is 0 Å². The normalized spacial score (nSPS) is 31.7. The van der Waals surface area contributed by atoms with Crippen molar-refractivity contribution in [1.29, 1.82) is 0 Å². The molecule has 31 heavy (non-hydrogen) atoms. The number of nitrogens with one attached hydrogen (secondary N) is 2. The number of hydrogen-bond acceptors (Lipinski definition) is 3. The minimum absolute atomic E-state index is 0.0587. The van der Waals surface area contributed by atoms with Gasteiger partial charge in [-0.2, -0.15) is 0 Å². The number of rotatable bonds is 8. The molecule has 0 radical (unpaired) electrons. The van der Waals surface area contributed by atoms with E-state index in [1.54, 1.807) is 0 Å². The zero-order valence-corrected chi connectivity index (χ0v) is 18.7. The molecule has 0 aromatic heterocycles. The predicted molar refractivity (Wildman–Crippen MR) is 121 cm³/mol. The smallest absolute Gasteiger partial charge is 0.239 e. The van der Waals surface area contributed by atoms with Gasteiger partial charge in [0.2, 0.25) is 11.8 Å². The summed E-state index contributed by atoms with van der Waals surface area (Å²) in [5.74, 6) is 2.50. The Bertz CT molecular complexity index is 762. The molecule has 0 atom stereocenters. The van der Waals surface area contributed by atoms with E-state index in [-0.39, 0.29) is 23.8 Å². The van der Waals surface area contributed by atoms with Gasteiger partial charge in [0.25, 0.3) is 0 Å². The van der Waals surface area contributed by atoms with Gasteiger partial charge in [0.05, 0.1) is 6.54 Å². The lowest BCUT2D eigenvalue weighted by molar-refractivity contribution is -0.131. The lowest BCUT2D eigenvalue weighted by atomic mass is 9.49. The number of likely N-dealkylation sites (tertiary alicyclic amines) is 1. The molecule has 0 spiro atoms. The molecule has 1 aromatic rings. The summed E-state index contributed by atoms with van der Waals surface area (Å²) in [5.41, 5.74) is 2.65. The average Bonchev–Trinajstić information content (AvgIpc) is 3.23. The molecular formula is C26H37N3O2. The molecule has 6 rings (SSSR count). The van der Waals surface area contributed by atoms with Crippen LogP contribution in [0.15, 0.2) is 24.3 Å². The molecule has 1 saturated heterocycles. The van der Waals surface area contributed by atoms with Crippen molar-refractivity contribution in [3.05, 3.63) is 35.4 Å². The fourth-order valence-corrected chi connectivity index (χ4v) is 7.31. The van der Waals surface area contributed by atoms with E-state index >= 15 is 0 Å². The maximum Gasteiger partial charge on any atom is 0.239 e. The van der Waals surface area contributed by atoms with E-state index in [2.05, 4.69) is 39.8 Å². The SMILES string of the molecule is O=C(CNC(=O)CC12CC3CC(CC(C3)C1)C2)NCc1ccc(CN2CCCC2)cc1. The summed E-state index contributed by atoms with van der Waals surface area (Å²) < 4.78 is 0. The monoisotopic (exact) mass is 423 g/mol. The van der Waals surface area contributed by atoms with Crippen molar-refractivity contribution >= 4 is 11.8 Å². The van der Waals surface area contributed by atoms with E-state index < -0.39 is 0 Å². The molecule has 1 aliphatic heterocycles. The summed E-state index contributed by atoms with van der Waals surface area (Å²) in [6.45, 7) is 4.01. The first-order chi connectivity index (χ1) is 15.1. The van der Waals surface area contributed by atoms with Gasteiger partial charge >= 0.3 is 0 Å². The van der Waals surface area contributed by atoms with E-state index in [9.17, 15) is 9.59 Å². The van der Waals surface area contributed by atoms with Gasteiger partial charge in [0, 0.05) is 19.5 Å². The minimum atomic E-state index is -0.111. The van der Waals surface area contributed by atoms with Gasteiger partial charge in [-0.05, 0) is 98.8 Å². The van der Waals surface area contributed by atoms with Gasteiger partial charge in [0.1, 0.15) is 0 Å². The lowest BCUT2D eigenvalue weighted by Gasteiger charge is -2.56. The van der Waals surface area contributed by atoms with Crippen molar-refractivity contribution in [1.82, 2.24) is 15.5 Å². The first-order valence-electron chi connectivity index (χ1n) is 12.4. The maximum atomic E-state index is 12.6. The number of benzene rings is 1. The molecule has 1 heterocycles. The Balaban J connectivity index is 1.03. The highest BCUT2D eigenvalue weighted by molar-refractivity contribution is 5.84. The van der Waals surface area contributed by atoms with Crippen LogP contribution < -0.4 is 10.6 Å². The molecule has 168 valence electrons. The highest BCUT2D eigenvalue weighted by atomic mass is 16.2. The van der Waals surface area contributed by atoms with Gasteiger partial charge in [-0.25, -0.2) is 0 Å². The van der Waals surface area contributed by atoms with Crippen molar-refractivity contribution in [2.24, 2.45) is 23.2 Å². The van der Waals surface area contributed by atoms with Crippen LogP contribution in [0.4, 0.5) is 0 Å². The highest BCUT2D eigenvalue weighted by Crippen LogP contribution is 2.61. The van der Waals surface area contributed by atoms with Crippen LogP contribution in [0.25, 0.3) is 0 Å². The topological polar surface area (TPSA) is 61.4 Å². The third-order valence-electron chi connectivity index (χ3n) is 8.26. The highest BCUT2D eigenvalue weighted by Gasteiger charge is 2.51. The number of carbonyl (C=O) groups excluding carboxylic acids is 2. The summed E-state index contributed by atoms with van der Waals surface area (Å²) in [7, 11) is 0. The number of hydrogen-bond donors (Lipinski definition) is 2. The number of nitrogens with zero attached hydrogens (tertiary/aromatic N) is 1. The van der Waals surface area contributed by atoms with Crippen molar-refractivity contribution in [3.63, 3.8) is 0 Å². The molecule has 2 N–H and O–H groups in total. The molecule has 4 aliphatic carbocycles. The van der Waals surface area contributed by atoms with Gasteiger partial charge in [-0.3, -0.25) is 14.5 Å². The zero-order valence-electron chi connectivity index (χ0n) is 18.7. The van der Waals surface area contributed by atoms with E-state index in [0.717, 1.165) is 29.9 Å². The molecule has 0 unspecified atom stereocenters. The van der Waals surface area contributed by atoms with Gasteiger partial charge < -0.3 is 10.6 Å². The van der Waals surface area contributed by atoms with Crippen LogP contribution >= 0.6 is 0 Å². The lowest BCUT2D eigenvalue weighted by Crippen LogP contribution is -2.48. The zero-order chi connectivity index (χ0) is 21.3.